The zero-order valence-electron chi connectivity index (χ0n) is 12.6. The van der Waals surface area contributed by atoms with Gasteiger partial charge < -0.3 is 14.4 Å². The van der Waals surface area contributed by atoms with Crippen molar-refractivity contribution in [1.29, 1.82) is 0 Å². The number of aliphatic hydroxyl groups is 1. The van der Waals surface area contributed by atoms with Crippen LogP contribution in [0.3, 0.4) is 0 Å². The summed E-state index contributed by atoms with van der Waals surface area (Å²) in [5, 5.41) is 13.1. The normalized spacial score (nSPS) is 12.6. The van der Waals surface area contributed by atoms with Crippen LogP contribution < -0.4 is 4.74 Å². The van der Waals surface area contributed by atoms with E-state index in [-0.39, 0.29) is 12.6 Å². The summed E-state index contributed by atoms with van der Waals surface area (Å²) < 4.78 is 10.6. The second-order valence-electron chi connectivity index (χ2n) is 4.92. The molecular weight excluding hydrogens is 270 g/mol. The van der Waals surface area contributed by atoms with Gasteiger partial charge >= 0.3 is 0 Å². The number of aromatic nitrogens is 2. The van der Waals surface area contributed by atoms with Crippen molar-refractivity contribution in [2.75, 3.05) is 20.3 Å². The molecule has 0 saturated carbocycles. The number of hydrogen-bond acceptors (Lipinski definition) is 6. The highest BCUT2D eigenvalue weighted by Gasteiger charge is 2.14. The molecule has 1 unspecified atom stereocenters. The Morgan fingerprint density at radius 3 is 2.67 bits per heavy atom. The van der Waals surface area contributed by atoms with Gasteiger partial charge in [0.15, 0.2) is 0 Å². The summed E-state index contributed by atoms with van der Waals surface area (Å²) in [7, 11) is 1.90. The van der Waals surface area contributed by atoms with E-state index in [0.717, 1.165) is 11.3 Å². The zero-order valence-corrected chi connectivity index (χ0v) is 12.6. The van der Waals surface area contributed by atoms with Gasteiger partial charge in [-0.3, -0.25) is 4.90 Å². The molecule has 1 aromatic carbocycles. The average molecular weight is 291 g/mol. The third kappa shape index (κ3) is 4.03. The lowest BCUT2D eigenvalue weighted by atomic mass is 10.2. The van der Waals surface area contributed by atoms with Gasteiger partial charge in [0.1, 0.15) is 5.75 Å². The molecule has 0 aliphatic heterocycles. The molecule has 21 heavy (non-hydrogen) atoms. The molecule has 1 N–H and O–H groups in total. The number of likely N-dealkylation sites (N-methyl/N-ethyl adjacent to an activating group) is 1. The van der Waals surface area contributed by atoms with Crippen LogP contribution in [0, 0.1) is 0 Å². The first-order chi connectivity index (χ1) is 10.1. The predicted octanol–water partition coefficient (Wildman–Crippen LogP) is 1.95. The highest BCUT2D eigenvalue weighted by molar-refractivity contribution is 5.55. The Balaban J connectivity index is 2.05. The second kappa shape index (κ2) is 7.19. The van der Waals surface area contributed by atoms with Crippen LogP contribution in [0.1, 0.15) is 19.7 Å². The van der Waals surface area contributed by atoms with Crippen molar-refractivity contribution in [3.63, 3.8) is 0 Å². The lowest BCUT2D eigenvalue weighted by molar-refractivity contribution is 0.142. The lowest BCUT2D eigenvalue weighted by Crippen LogP contribution is -2.31. The topological polar surface area (TPSA) is 71.6 Å². The maximum atomic E-state index is 9.12. The molecular formula is C15H21N3O3. The molecule has 0 radical (unpaired) electrons. The van der Waals surface area contributed by atoms with E-state index in [1.165, 1.54) is 0 Å². The first kappa shape index (κ1) is 15.5. The fourth-order valence-corrected chi connectivity index (χ4v) is 1.81. The smallest absolute Gasteiger partial charge is 0.241 e. The van der Waals surface area contributed by atoms with Crippen LogP contribution >= 0.6 is 0 Å². The van der Waals surface area contributed by atoms with Crippen LogP contribution in [0.4, 0.5) is 0 Å². The maximum absolute atomic E-state index is 9.12. The molecule has 1 aromatic heterocycles. The third-order valence-corrected chi connectivity index (χ3v) is 3.29. The van der Waals surface area contributed by atoms with Gasteiger partial charge in [-0.15, -0.1) is 0 Å². The van der Waals surface area contributed by atoms with Crippen molar-refractivity contribution in [3.8, 4) is 17.1 Å². The summed E-state index contributed by atoms with van der Waals surface area (Å²) in [5.41, 5.74) is 0.881. The summed E-state index contributed by atoms with van der Waals surface area (Å²) in [6.07, 6.45) is 0. The molecule has 0 bridgehead atoms. The van der Waals surface area contributed by atoms with Crippen molar-refractivity contribution in [2.24, 2.45) is 0 Å². The Morgan fingerprint density at radius 2 is 2.05 bits per heavy atom. The minimum Gasteiger partial charge on any atom is -0.494 e. The van der Waals surface area contributed by atoms with Gasteiger partial charge in [0, 0.05) is 11.6 Å². The third-order valence-electron chi connectivity index (χ3n) is 3.29. The van der Waals surface area contributed by atoms with Crippen molar-refractivity contribution >= 4 is 0 Å². The minimum absolute atomic E-state index is 0.0471. The van der Waals surface area contributed by atoms with E-state index >= 15 is 0 Å². The Labute approximate surface area is 124 Å². The average Bonchev–Trinajstić information content (AvgIpc) is 2.96. The van der Waals surface area contributed by atoms with Gasteiger partial charge in [-0.1, -0.05) is 5.16 Å². The number of hydrogen-bond donors (Lipinski definition) is 1. The molecule has 0 amide bonds. The van der Waals surface area contributed by atoms with Crippen molar-refractivity contribution in [1.82, 2.24) is 15.0 Å². The first-order valence-electron chi connectivity index (χ1n) is 7.01. The fraction of sp³-hybridized carbons (Fsp3) is 0.467. The van der Waals surface area contributed by atoms with Crippen LogP contribution in [0.25, 0.3) is 11.4 Å². The molecule has 2 aromatic rings. The van der Waals surface area contributed by atoms with Crippen LogP contribution in [0.2, 0.25) is 0 Å². The van der Waals surface area contributed by atoms with Crippen LogP contribution in [-0.2, 0) is 6.54 Å². The molecule has 6 nitrogen and oxygen atoms in total. The summed E-state index contributed by atoms with van der Waals surface area (Å²) in [6, 6.07) is 7.62. The van der Waals surface area contributed by atoms with Gasteiger partial charge in [-0.05, 0) is 45.2 Å². The first-order valence-corrected chi connectivity index (χ1v) is 7.01. The van der Waals surface area contributed by atoms with E-state index in [1.54, 1.807) is 0 Å². The molecule has 2 rings (SSSR count). The quantitative estimate of drug-likeness (QED) is 0.840. The maximum Gasteiger partial charge on any atom is 0.241 e. The molecule has 114 valence electrons. The Hall–Kier alpha value is -1.92. The van der Waals surface area contributed by atoms with E-state index in [9.17, 15) is 0 Å². The lowest BCUT2D eigenvalue weighted by Gasteiger charge is -2.20. The van der Waals surface area contributed by atoms with Gasteiger partial charge in [0.2, 0.25) is 11.7 Å². The van der Waals surface area contributed by atoms with Crippen molar-refractivity contribution in [2.45, 2.75) is 26.4 Å². The summed E-state index contributed by atoms with van der Waals surface area (Å²) in [5.74, 6) is 1.90. The Morgan fingerprint density at radius 1 is 1.33 bits per heavy atom. The molecule has 1 atom stereocenters. The Bertz CT molecular complexity index is 554. The van der Waals surface area contributed by atoms with Crippen LogP contribution in [-0.4, -0.2) is 46.5 Å². The number of nitrogens with zero attached hydrogens (tertiary/aromatic N) is 3. The number of ether oxygens (including phenoxy) is 1. The minimum atomic E-state index is 0.0471. The van der Waals surface area contributed by atoms with Crippen LogP contribution in [0.5, 0.6) is 5.75 Å². The largest absolute Gasteiger partial charge is 0.494 e. The number of rotatable bonds is 7. The molecule has 6 heteroatoms. The molecule has 0 saturated heterocycles. The number of aliphatic hydroxyl groups excluding tert-OH is 1. The number of benzene rings is 1. The van der Waals surface area contributed by atoms with Crippen molar-refractivity contribution in [3.05, 3.63) is 30.2 Å². The molecule has 0 spiro atoms. The van der Waals surface area contributed by atoms with E-state index < -0.39 is 0 Å². The van der Waals surface area contributed by atoms with Crippen molar-refractivity contribution < 1.29 is 14.4 Å². The van der Waals surface area contributed by atoms with E-state index in [0.29, 0.717) is 24.9 Å². The molecule has 0 aliphatic rings. The molecule has 0 aliphatic carbocycles. The summed E-state index contributed by atoms with van der Waals surface area (Å²) in [6.45, 7) is 5.12. The highest BCUT2D eigenvalue weighted by Crippen LogP contribution is 2.20. The van der Waals surface area contributed by atoms with Gasteiger partial charge in [-0.25, -0.2) is 0 Å². The van der Waals surface area contributed by atoms with Gasteiger partial charge in [-0.2, -0.15) is 4.98 Å². The highest BCUT2D eigenvalue weighted by atomic mass is 16.5. The van der Waals surface area contributed by atoms with E-state index in [2.05, 4.69) is 10.1 Å². The zero-order chi connectivity index (χ0) is 15.2. The Kier molecular flexibility index (Phi) is 5.30. The molecule has 1 heterocycles. The monoisotopic (exact) mass is 291 g/mol. The van der Waals surface area contributed by atoms with E-state index in [1.807, 2.05) is 50.1 Å². The van der Waals surface area contributed by atoms with Crippen LogP contribution in [0.15, 0.2) is 28.8 Å². The summed E-state index contributed by atoms with van der Waals surface area (Å²) in [4.78, 5) is 6.32. The fourth-order valence-electron chi connectivity index (χ4n) is 1.81. The van der Waals surface area contributed by atoms with E-state index in [4.69, 9.17) is 14.4 Å². The summed E-state index contributed by atoms with van der Waals surface area (Å²) >= 11 is 0. The standard InChI is InChI=1S/C15H21N3O3/c1-4-20-13-7-5-12(6-8-13)15-16-14(21-17-15)9-18(3)11(2)10-19/h5-8,11,19H,4,9-10H2,1-3H3. The van der Waals surface area contributed by atoms with Gasteiger partial charge in [0.25, 0.3) is 0 Å². The SMILES string of the molecule is CCOc1ccc(-c2noc(CN(C)C(C)CO)n2)cc1. The van der Waals surface area contributed by atoms with Gasteiger partial charge in [0.05, 0.1) is 19.8 Å². The molecule has 0 fully saturated rings. The predicted molar refractivity (Wildman–Crippen MR) is 78.9 cm³/mol. The second-order valence-corrected chi connectivity index (χ2v) is 4.92.